The maximum absolute atomic E-state index is 12.6. The molecule has 1 saturated heterocycles. The van der Waals surface area contributed by atoms with Crippen molar-refractivity contribution in [1.82, 2.24) is 0 Å². The van der Waals surface area contributed by atoms with Gasteiger partial charge in [0, 0.05) is 11.8 Å². The molecule has 15 heteroatoms. The summed E-state index contributed by atoms with van der Waals surface area (Å²) in [5, 5.41) is 0. The van der Waals surface area contributed by atoms with Crippen molar-refractivity contribution < 1.29 is 54.7 Å². The van der Waals surface area contributed by atoms with Gasteiger partial charge in [0.25, 0.3) is 0 Å². The third-order valence-electron chi connectivity index (χ3n) is 10.7. The van der Waals surface area contributed by atoms with E-state index >= 15 is 0 Å². The van der Waals surface area contributed by atoms with E-state index in [-0.39, 0.29) is 38.3 Å². The molecule has 5 fully saturated rings. The van der Waals surface area contributed by atoms with Gasteiger partial charge in [-0.3, -0.25) is 9.59 Å². The second kappa shape index (κ2) is 18.4. The minimum atomic E-state index is -6.09. The fourth-order valence-corrected chi connectivity index (χ4v) is 7.12. The average Bonchev–Trinajstić information content (AvgIpc) is 3.40. The molecule has 4 aliphatic carbocycles. The van der Waals surface area contributed by atoms with Crippen molar-refractivity contribution in [2.75, 3.05) is 6.61 Å². The number of cyclic esters (lactones) is 1. The lowest BCUT2D eigenvalue weighted by atomic mass is 9.46. The molecule has 1 aromatic rings. The van der Waals surface area contributed by atoms with Crippen LogP contribution in [0.15, 0.2) is 35.2 Å². The molecular formula is C36H57F3O9PS2-. The Labute approximate surface area is 310 Å². The first-order valence-electron chi connectivity index (χ1n) is 17.2. The maximum atomic E-state index is 12.6. The molecule has 1 atom stereocenters. The van der Waals surface area contributed by atoms with E-state index in [9.17, 15) is 27.6 Å². The smallest absolute Gasteiger partial charge is 0.485 e. The first-order valence-corrected chi connectivity index (χ1v) is 19.1. The number of carbonyl (C=O) groups is 3. The molecule has 4 bridgehead atoms. The number of hydrogen-bond acceptors (Lipinski definition) is 9. The van der Waals surface area contributed by atoms with Crippen LogP contribution in [0.3, 0.4) is 0 Å². The highest BCUT2D eigenvalue weighted by Crippen LogP contribution is 2.64. The lowest BCUT2D eigenvalue weighted by Gasteiger charge is -2.61. The summed E-state index contributed by atoms with van der Waals surface area (Å²) in [5.41, 5.74) is -6.59. The van der Waals surface area contributed by atoms with Crippen LogP contribution >= 0.6 is 9.90 Å². The van der Waals surface area contributed by atoms with Crippen LogP contribution in [0.25, 0.3) is 0 Å². The number of esters is 3. The molecule has 0 spiro atoms. The summed E-state index contributed by atoms with van der Waals surface area (Å²) in [4.78, 5) is 36.3. The van der Waals surface area contributed by atoms with Gasteiger partial charge in [-0.15, -0.1) is 0 Å². The Balaban J connectivity index is 0.000000374. The Hall–Kier alpha value is -1.89. The van der Waals surface area contributed by atoms with Crippen LogP contribution in [-0.2, 0) is 51.3 Å². The Bertz CT molecular complexity index is 1380. The highest BCUT2D eigenvalue weighted by Gasteiger charge is 2.59. The predicted octanol–water partition coefficient (Wildman–Crippen LogP) is 7.68. The summed E-state index contributed by atoms with van der Waals surface area (Å²) in [7, 11) is -6.09. The number of alkyl halides is 3. The number of benzene rings is 1. The molecule has 1 aromatic carbocycles. The maximum Gasteiger partial charge on any atom is 0.485 e. The molecular weight excluding hydrogens is 728 g/mol. The summed E-state index contributed by atoms with van der Waals surface area (Å²) in [6.45, 7) is 16.3. The molecule has 4 saturated carbocycles. The fraction of sp³-hybridized carbons (Fsp3) is 0.750. The van der Waals surface area contributed by atoms with Crippen LogP contribution in [0.1, 0.15) is 113 Å². The van der Waals surface area contributed by atoms with Crippen LogP contribution in [0.2, 0.25) is 0 Å². The van der Waals surface area contributed by atoms with Crippen LogP contribution < -0.4 is 0 Å². The number of rotatable bonds is 7. The molecule has 9 nitrogen and oxygen atoms in total. The van der Waals surface area contributed by atoms with Crippen molar-refractivity contribution in [3.63, 3.8) is 0 Å². The first-order chi connectivity index (χ1) is 22.8. The molecule has 6 rings (SSSR count). The lowest BCUT2D eigenvalue weighted by Crippen LogP contribution is -2.58. The molecule has 1 unspecified atom stereocenters. The second-order valence-corrected chi connectivity index (χ2v) is 17.6. The van der Waals surface area contributed by atoms with Gasteiger partial charge in [-0.05, 0) is 135 Å². The van der Waals surface area contributed by atoms with E-state index in [4.69, 9.17) is 27.2 Å². The van der Waals surface area contributed by atoms with Gasteiger partial charge >= 0.3 is 23.4 Å². The van der Waals surface area contributed by atoms with E-state index < -0.39 is 33.1 Å². The largest absolute Gasteiger partial charge is 0.741 e. The SMILES string of the molecule is CCC(C)(C)C(=O)OC(C)(C)C12CC3CC(CC(C3)C1)C2.CCC(C)(C)C(=O)OC1CCOC1=O.O=S(=O)([O-])C(F)(F)F.[PH2-].[SH2+]c1ccccc1. The molecule has 1 heterocycles. The molecule has 51 heavy (non-hydrogen) atoms. The number of ether oxygens (including phenoxy) is 3. The van der Waals surface area contributed by atoms with Crippen molar-refractivity contribution in [1.29, 1.82) is 0 Å². The Morgan fingerprint density at radius 2 is 1.29 bits per heavy atom. The highest BCUT2D eigenvalue weighted by molar-refractivity contribution is 7.86. The normalized spacial score (nSPS) is 25.3. The van der Waals surface area contributed by atoms with E-state index in [1.807, 2.05) is 51.1 Å². The van der Waals surface area contributed by atoms with Gasteiger partial charge in [0.05, 0.1) is 17.4 Å². The van der Waals surface area contributed by atoms with Crippen molar-refractivity contribution in [2.24, 2.45) is 34.0 Å². The van der Waals surface area contributed by atoms with Gasteiger partial charge in [0.1, 0.15) is 10.5 Å². The standard InChI is InChI=1S/C19H32O2.C10H16O4.C6H6S.CHF3O3S.H2P/c1-6-17(2,3)16(20)21-18(4,5)19-10-13-7-14(11-19)9-15(8-13)12-19;1-4-10(2,3)9(12)14-7-5-6-13-8(7)11;7-6-4-2-1-3-5-6;2-1(3,4)8(5,6)7;/h13-15H,6-12H2,1-5H3;7H,4-6H2,1-3H3;1-5,7H;(H,5,6,7);1H2/q;;;;-1. The van der Waals surface area contributed by atoms with Gasteiger partial charge in [0.15, 0.2) is 10.1 Å². The Kier molecular flexibility index (Phi) is 17.0. The summed E-state index contributed by atoms with van der Waals surface area (Å²) in [6, 6.07) is 9.96. The zero-order chi connectivity index (χ0) is 38.3. The van der Waals surface area contributed by atoms with Gasteiger partial charge in [-0.25, -0.2) is 13.2 Å². The van der Waals surface area contributed by atoms with Gasteiger partial charge in [0.2, 0.25) is 6.10 Å². The topological polar surface area (TPSA) is 136 Å². The molecule has 0 radical (unpaired) electrons. The van der Waals surface area contributed by atoms with Crippen LogP contribution in [0.5, 0.6) is 0 Å². The van der Waals surface area contributed by atoms with Gasteiger partial charge < -0.3 is 28.7 Å². The average molecular weight is 786 g/mol. The summed E-state index contributed by atoms with van der Waals surface area (Å²) in [5.74, 6) is 1.93. The molecule has 0 N–H and O–H groups in total. The van der Waals surface area contributed by atoms with Crippen molar-refractivity contribution in [2.45, 2.75) is 135 Å². The monoisotopic (exact) mass is 785 g/mol. The van der Waals surface area contributed by atoms with Crippen molar-refractivity contribution >= 4 is 50.6 Å². The number of halogens is 3. The Morgan fingerprint density at radius 3 is 1.61 bits per heavy atom. The molecule has 0 aromatic heterocycles. The summed E-state index contributed by atoms with van der Waals surface area (Å²) in [6.07, 6.45) is 9.47. The van der Waals surface area contributed by atoms with E-state index in [0.29, 0.717) is 19.4 Å². The van der Waals surface area contributed by atoms with Crippen LogP contribution in [0.4, 0.5) is 13.2 Å². The van der Waals surface area contributed by atoms with E-state index in [1.54, 1.807) is 13.8 Å². The van der Waals surface area contributed by atoms with Crippen LogP contribution in [0, 0.1) is 34.0 Å². The molecule has 0 amide bonds. The second-order valence-electron chi connectivity index (χ2n) is 15.7. The zero-order valence-corrected chi connectivity index (χ0v) is 34.0. The minimum Gasteiger partial charge on any atom is -0.741 e. The minimum absolute atomic E-state index is 0. The van der Waals surface area contributed by atoms with E-state index in [1.165, 1.54) is 38.5 Å². The summed E-state index contributed by atoms with van der Waals surface area (Å²) >= 11 is 3.36. The van der Waals surface area contributed by atoms with E-state index in [0.717, 1.165) is 29.1 Å². The number of carbonyl (C=O) groups excluding carboxylic acids is 3. The van der Waals surface area contributed by atoms with Crippen molar-refractivity contribution in [3.05, 3.63) is 30.3 Å². The zero-order valence-electron chi connectivity index (χ0n) is 31.1. The molecule has 1 aliphatic heterocycles. The highest BCUT2D eigenvalue weighted by atomic mass is 32.2. The third kappa shape index (κ3) is 13.2. The lowest BCUT2D eigenvalue weighted by molar-refractivity contribution is -0.206. The first kappa shape index (κ1) is 47.1. The number of hydrogen-bond donors (Lipinski definition) is 0. The molecule has 5 aliphatic rings. The summed E-state index contributed by atoms with van der Waals surface area (Å²) < 4.78 is 74.8. The van der Waals surface area contributed by atoms with Crippen LogP contribution in [-0.4, -0.2) is 54.7 Å². The van der Waals surface area contributed by atoms with Crippen molar-refractivity contribution in [3.8, 4) is 0 Å². The third-order valence-corrected chi connectivity index (χ3v) is 11.6. The Morgan fingerprint density at radius 1 is 0.882 bits per heavy atom. The van der Waals surface area contributed by atoms with Gasteiger partial charge in [-0.1, -0.05) is 32.0 Å². The predicted molar refractivity (Wildman–Crippen MR) is 195 cm³/mol. The molecule has 294 valence electrons. The van der Waals surface area contributed by atoms with E-state index in [2.05, 4.69) is 33.4 Å². The fourth-order valence-electron chi connectivity index (χ4n) is 6.93. The quantitative estimate of drug-likeness (QED) is 0.0681. The van der Waals surface area contributed by atoms with Gasteiger partial charge in [-0.2, -0.15) is 13.2 Å².